The highest BCUT2D eigenvalue weighted by Gasteiger charge is 2.21. The van der Waals surface area contributed by atoms with E-state index in [-0.39, 0.29) is 11.8 Å². The van der Waals surface area contributed by atoms with Gasteiger partial charge in [0.15, 0.2) is 0 Å². The Morgan fingerprint density at radius 2 is 2.00 bits per heavy atom. The smallest absolute Gasteiger partial charge is 0.243 e. The molecule has 1 aliphatic heterocycles. The second kappa shape index (κ2) is 9.79. The molecule has 1 fully saturated rings. The Morgan fingerprint density at radius 1 is 1.18 bits per heavy atom. The molecule has 0 saturated carbocycles. The summed E-state index contributed by atoms with van der Waals surface area (Å²) >= 11 is 0. The minimum absolute atomic E-state index is 0.0210. The topological polar surface area (TPSA) is 58.2 Å². The van der Waals surface area contributed by atoms with E-state index < -0.39 is 6.04 Å². The van der Waals surface area contributed by atoms with Gasteiger partial charge >= 0.3 is 0 Å². The highest BCUT2D eigenvalue weighted by molar-refractivity contribution is 8.76. The average Bonchev–Trinajstić information content (AvgIpc) is 2.59. The van der Waals surface area contributed by atoms with Crippen molar-refractivity contribution in [3.05, 3.63) is 35.9 Å². The summed E-state index contributed by atoms with van der Waals surface area (Å²) in [6.07, 6.45) is 3.62. The highest BCUT2D eigenvalue weighted by Crippen LogP contribution is 2.24. The van der Waals surface area contributed by atoms with Gasteiger partial charge in [-0.15, -0.1) is 0 Å². The zero-order valence-electron chi connectivity index (χ0n) is 12.5. The van der Waals surface area contributed by atoms with Gasteiger partial charge in [0.1, 0.15) is 6.04 Å². The predicted octanol–water partition coefficient (Wildman–Crippen LogP) is 2.74. The lowest BCUT2D eigenvalue weighted by molar-refractivity contribution is -0.128. The fourth-order valence-corrected chi connectivity index (χ4v) is 4.47. The van der Waals surface area contributed by atoms with Gasteiger partial charge in [-0.2, -0.15) is 0 Å². The standard InChI is InChI=1S/C16H22N2O2S2/c19-15-9-5-2-6-10-21-22-12-14(18-15)16(20)17-11-13-7-3-1-4-8-13/h1,3-4,7-8,14H,2,5-6,9-12H2,(H,17,20)(H,18,19)/t14-/m0/s1. The summed E-state index contributed by atoms with van der Waals surface area (Å²) < 4.78 is 0. The SMILES string of the molecule is O=C1CCCCCSSC[C@@H](C(=O)NCc2ccccc2)N1. The number of amides is 2. The number of nitrogens with one attached hydrogen (secondary N) is 2. The molecule has 120 valence electrons. The highest BCUT2D eigenvalue weighted by atomic mass is 33.1. The maximum atomic E-state index is 12.3. The van der Waals surface area contributed by atoms with E-state index in [0.717, 1.165) is 30.6 Å². The Labute approximate surface area is 139 Å². The summed E-state index contributed by atoms with van der Waals surface area (Å²) in [5.74, 6) is 1.56. The van der Waals surface area contributed by atoms with Crippen LogP contribution in [0.1, 0.15) is 31.2 Å². The molecule has 1 aromatic rings. The molecule has 22 heavy (non-hydrogen) atoms. The van der Waals surface area contributed by atoms with Crippen molar-refractivity contribution in [2.45, 2.75) is 38.3 Å². The molecular weight excluding hydrogens is 316 g/mol. The van der Waals surface area contributed by atoms with E-state index in [0.29, 0.717) is 18.7 Å². The van der Waals surface area contributed by atoms with E-state index in [1.54, 1.807) is 21.6 Å². The lowest BCUT2D eigenvalue weighted by atomic mass is 10.2. The number of carbonyl (C=O) groups excluding carboxylic acids is 2. The Bertz CT molecular complexity index is 482. The molecule has 1 saturated heterocycles. The third-order valence-electron chi connectivity index (χ3n) is 3.41. The van der Waals surface area contributed by atoms with Crippen LogP contribution in [0.2, 0.25) is 0 Å². The molecule has 4 nitrogen and oxygen atoms in total. The van der Waals surface area contributed by atoms with Crippen LogP contribution in [0.5, 0.6) is 0 Å². The molecule has 1 aliphatic rings. The third kappa shape index (κ3) is 6.32. The second-order valence-corrected chi connectivity index (χ2v) is 7.87. The van der Waals surface area contributed by atoms with Crippen molar-refractivity contribution in [2.24, 2.45) is 0 Å². The zero-order chi connectivity index (χ0) is 15.6. The minimum Gasteiger partial charge on any atom is -0.350 e. The van der Waals surface area contributed by atoms with Crippen molar-refractivity contribution >= 4 is 33.4 Å². The predicted molar refractivity (Wildman–Crippen MR) is 93.6 cm³/mol. The van der Waals surface area contributed by atoms with Crippen molar-refractivity contribution in [3.8, 4) is 0 Å². The average molecular weight is 338 g/mol. The number of carbonyl (C=O) groups is 2. The van der Waals surface area contributed by atoms with Crippen LogP contribution in [0.3, 0.4) is 0 Å². The Kier molecular flexibility index (Phi) is 7.66. The lowest BCUT2D eigenvalue weighted by Crippen LogP contribution is -2.47. The van der Waals surface area contributed by atoms with Crippen molar-refractivity contribution < 1.29 is 9.59 Å². The van der Waals surface area contributed by atoms with Crippen LogP contribution in [0, 0.1) is 0 Å². The van der Waals surface area contributed by atoms with Gasteiger partial charge in [0.25, 0.3) is 0 Å². The first-order chi connectivity index (χ1) is 10.8. The monoisotopic (exact) mass is 338 g/mol. The molecule has 0 spiro atoms. The molecule has 1 heterocycles. The van der Waals surface area contributed by atoms with Gasteiger partial charge < -0.3 is 10.6 Å². The molecule has 2 amide bonds. The van der Waals surface area contributed by atoms with Crippen LogP contribution < -0.4 is 10.6 Å². The molecule has 0 aliphatic carbocycles. The second-order valence-electron chi connectivity index (χ2n) is 5.24. The largest absolute Gasteiger partial charge is 0.350 e. The molecule has 1 atom stereocenters. The van der Waals surface area contributed by atoms with Crippen molar-refractivity contribution in [1.29, 1.82) is 0 Å². The Hall–Kier alpha value is -1.14. The molecule has 0 aromatic heterocycles. The van der Waals surface area contributed by atoms with E-state index in [2.05, 4.69) is 10.6 Å². The summed E-state index contributed by atoms with van der Waals surface area (Å²) in [6, 6.07) is 9.34. The minimum atomic E-state index is -0.452. The molecule has 0 bridgehead atoms. The maximum Gasteiger partial charge on any atom is 0.243 e. The summed E-state index contributed by atoms with van der Waals surface area (Å²) in [5.41, 5.74) is 1.06. The van der Waals surface area contributed by atoms with Crippen LogP contribution in [0.4, 0.5) is 0 Å². The first-order valence-corrected chi connectivity index (χ1v) is 10.1. The summed E-state index contributed by atoms with van der Waals surface area (Å²) in [7, 11) is 3.45. The number of benzene rings is 1. The van der Waals surface area contributed by atoms with Crippen molar-refractivity contribution in [2.75, 3.05) is 11.5 Å². The van der Waals surface area contributed by atoms with Gasteiger partial charge in [0, 0.05) is 24.5 Å². The van der Waals surface area contributed by atoms with Crippen LogP contribution in [0.15, 0.2) is 30.3 Å². The molecule has 6 heteroatoms. The zero-order valence-corrected chi connectivity index (χ0v) is 14.2. The molecule has 1 aromatic carbocycles. The summed E-state index contributed by atoms with van der Waals surface area (Å²) in [4.78, 5) is 24.2. The normalized spacial score (nSPS) is 20.5. The van der Waals surface area contributed by atoms with Gasteiger partial charge in [0.05, 0.1) is 0 Å². The van der Waals surface area contributed by atoms with Gasteiger partial charge in [-0.1, -0.05) is 58.3 Å². The van der Waals surface area contributed by atoms with E-state index >= 15 is 0 Å². The fraction of sp³-hybridized carbons (Fsp3) is 0.500. The van der Waals surface area contributed by atoms with Gasteiger partial charge in [-0.25, -0.2) is 0 Å². The van der Waals surface area contributed by atoms with E-state index in [4.69, 9.17) is 0 Å². The fourth-order valence-electron chi connectivity index (χ4n) is 2.16. The number of hydrogen-bond acceptors (Lipinski definition) is 4. The maximum absolute atomic E-state index is 12.3. The van der Waals surface area contributed by atoms with E-state index in [1.807, 2.05) is 30.3 Å². The van der Waals surface area contributed by atoms with Crippen molar-refractivity contribution in [1.82, 2.24) is 10.6 Å². The molecular formula is C16H22N2O2S2. The quantitative estimate of drug-likeness (QED) is 0.832. The van der Waals surface area contributed by atoms with Gasteiger partial charge in [-0.05, 0) is 18.4 Å². The Balaban J connectivity index is 1.87. The number of hydrogen-bond donors (Lipinski definition) is 2. The molecule has 0 radical (unpaired) electrons. The first-order valence-electron chi connectivity index (χ1n) is 7.61. The van der Waals surface area contributed by atoms with E-state index in [9.17, 15) is 9.59 Å². The Morgan fingerprint density at radius 3 is 2.82 bits per heavy atom. The van der Waals surface area contributed by atoms with E-state index in [1.165, 1.54) is 0 Å². The molecule has 2 N–H and O–H groups in total. The lowest BCUT2D eigenvalue weighted by Gasteiger charge is -2.17. The van der Waals surface area contributed by atoms with Gasteiger partial charge in [0.2, 0.25) is 11.8 Å². The molecule has 0 unspecified atom stereocenters. The van der Waals surface area contributed by atoms with Crippen LogP contribution in [-0.2, 0) is 16.1 Å². The number of rotatable bonds is 3. The van der Waals surface area contributed by atoms with Crippen LogP contribution in [-0.4, -0.2) is 29.4 Å². The summed E-state index contributed by atoms with van der Waals surface area (Å²) in [5, 5.41) is 5.78. The van der Waals surface area contributed by atoms with Crippen LogP contribution >= 0.6 is 21.6 Å². The third-order valence-corrected chi connectivity index (χ3v) is 5.91. The first kappa shape index (κ1) is 17.2. The van der Waals surface area contributed by atoms with Gasteiger partial charge in [-0.3, -0.25) is 9.59 Å². The van der Waals surface area contributed by atoms with Crippen LogP contribution in [0.25, 0.3) is 0 Å². The summed E-state index contributed by atoms with van der Waals surface area (Å²) in [6.45, 7) is 0.490. The molecule has 2 rings (SSSR count). The van der Waals surface area contributed by atoms with Crippen molar-refractivity contribution in [3.63, 3.8) is 0 Å².